The first-order valence-corrected chi connectivity index (χ1v) is 31.1. The molecule has 0 N–H and O–H groups in total. The third-order valence-electron chi connectivity index (χ3n) is 18.0. The van der Waals surface area contributed by atoms with Crippen LogP contribution in [0, 0.1) is 13.8 Å². The highest BCUT2D eigenvalue weighted by Gasteiger charge is 2.48. The van der Waals surface area contributed by atoms with Gasteiger partial charge in [0.1, 0.15) is 0 Å². The molecule has 0 unspecified atom stereocenters. The summed E-state index contributed by atoms with van der Waals surface area (Å²) in [6.45, 7) is 13.6. The van der Waals surface area contributed by atoms with E-state index in [0.29, 0.717) is 5.69 Å². The molecule has 2 aliphatic carbocycles. The SMILES string of the molecule is CCCCCCCCC1(CCCCCCCC)c2cc(C)ccc2-c2cc3c(cc21)-c1ccc(-c2ccc(N(c4ccc(C)cc4)c4cccc(C(F)(F)F)c4)cc2)cc1C3(CCCCCCCC)CCCCCCCC. The molecular weight excluding hydrogens is 948 g/mol. The van der Waals surface area contributed by atoms with E-state index in [2.05, 4.69) is 107 Å². The van der Waals surface area contributed by atoms with Crippen molar-refractivity contribution >= 4 is 17.1 Å². The van der Waals surface area contributed by atoms with Crippen molar-refractivity contribution in [2.24, 2.45) is 0 Å². The van der Waals surface area contributed by atoms with E-state index in [1.54, 1.807) is 22.8 Å². The number of anilines is 3. The second kappa shape index (κ2) is 27.7. The third kappa shape index (κ3) is 13.7. The standard InChI is InChI=1S/C73H94F3N/c1-7-11-15-19-23-27-46-71(47-28-24-20-16-12-8-2)67-50-56(6)36-44-63(67)65-53-70-66(54-69(65)71)64-45-39-58(51-68(64)72(70,48-29-25-21-17-13-9-3)49-30-26-22-18-14-10-4)57-37-42-61(43-38-57)77(60-40-34-55(5)35-41-60)62-33-31-32-59(52-62)73(74,75)76/h31-45,50-54H,7-30,46-49H2,1-6H3. The van der Waals surface area contributed by atoms with E-state index in [1.165, 1.54) is 218 Å². The van der Waals surface area contributed by atoms with E-state index < -0.39 is 11.7 Å². The number of hydrogen-bond acceptors (Lipinski definition) is 1. The fraction of sp³-hybridized carbons (Fsp3) is 0.507. The average Bonchev–Trinajstić information content (AvgIpc) is 3.91. The minimum atomic E-state index is -4.45. The fourth-order valence-corrected chi connectivity index (χ4v) is 13.7. The molecule has 0 atom stereocenters. The first-order chi connectivity index (χ1) is 37.5. The smallest absolute Gasteiger partial charge is 0.310 e. The Kier molecular flexibility index (Phi) is 20.9. The number of fused-ring (bicyclic) bond motifs is 6. The molecule has 1 nitrogen and oxygen atoms in total. The lowest BCUT2D eigenvalue weighted by atomic mass is 9.68. The first kappa shape index (κ1) is 58.1. The first-order valence-electron chi connectivity index (χ1n) is 31.1. The molecule has 4 heteroatoms. The van der Waals surface area contributed by atoms with E-state index in [0.717, 1.165) is 41.4 Å². The quantitative estimate of drug-likeness (QED) is 0.0381. The van der Waals surface area contributed by atoms with Crippen molar-refractivity contribution in [1.29, 1.82) is 0 Å². The van der Waals surface area contributed by atoms with Crippen LogP contribution in [-0.4, -0.2) is 0 Å². The van der Waals surface area contributed by atoms with Crippen molar-refractivity contribution in [3.05, 3.63) is 160 Å². The molecule has 0 fully saturated rings. The lowest BCUT2D eigenvalue weighted by Crippen LogP contribution is -2.27. The molecule has 0 amide bonds. The zero-order valence-electron chi connectivity index (χ0n) is 48.4. The highest BCUT2D eigenvalue weighted by Crippen LogP contribution is 2.61. The predicted molar refractivity (Wildman–Crippen MR) is 325 cm³/mol. The lowest BCUT2D eigenvalue weighted by Gasteiger charge is -2.35. The maximum absolute atomic E-state index is 14.2. The Morgan fingerprint density at radius 2 is 0.714 bits per heavy atom. The Hall–Kier alpha value is -5.09. The zero-order chi connectivity index (χ0) is 54.3. The molecular formula is C73H94F3N. The Morgan fingerprint density at radius 1 is 0.338 bits per heavy atom. The Morgan fingerprint density at radius 3 is 1.17 bits per heavy atom. The van der Waals surface area contributed by atoms with E-state index in [-0.39, 0.29) is 10.8 Å². The minimum absolute atomic E-state index is 0.00735. The lowest BCUT2D eigenvalue weighted by molar-refractivity contribution is -0.137. The van der Waals surface area contributed by atoms with E-state index in [4.69, 9.17) is 0 Å². The number of hydrogen-bond donors (Lipinski definition) is 0. The molecule has 8 rings (SSSR count). The average molecular weight is 1040 g/mol. The van der Waals surface area contributed by atoms with Gasteiger partial charge in [-0.15, -0.1) is 0 Å². The second-order valence-electron chi connectivity index (χ2n) is 23.8. The molecule has 0 saturated carbocycles. The summed E-state index contributed by atoms with van der Waals surface area (Å²) in [5.41, 5.74) is 18.3. The summed E-state index contributed by atoms with van der Waals surface area (Å²) in [7, 11) is 0. The third-order valence-corrected chi connectivity index (χ3v) is 18.0. The van der Waals surface area contributed by atoms with Gasteiger partial charge in [-0.2, -0.15) is 13.2 Å². The van der Waals surface area contributed by atoms with Crippen LogP contribution in [0.3, 0.4) is 0 Å². The normalized spacial score (nSPS) is 13.9. The molecule has 0 aliphatic heterocycles. The van der Waals surface area contributed by atoms with Gasteiger partial charge in [0.05, 0.1) is 5.56 Å². The number of unbranched alkanes of at least 4 members (excludes halogenated alkanes) is 20. The van der Waals surface area contributed by atoms with Crippen LogP contribution in [0.15, 0.2) is 121 Å². The van der Waals surface area contributed by atoms with Crippen LogP contribution < -0.4 is 4.90 Å². The zero-order valence-corrected chi connectivity index (χ0v) is 48.4. The van der Waals surface area contributed by atoms with Gasteiger partial charge in [-0.05, 0) is 156 Å². The van der Waals surface area contributed by atoms with E-state index in [9.17, 15) is 13.2 Å². The van der Waals surface area contributed by atoms with Crippen LogP contribution in [0.5, 0.6) is 0 Å². The number of aryl methyl sites for hydroxylation is 2. The number of halogens is 3. The molecule has 77 heavy (non-hydrogen) atoms. The summed E-state index contributed by atoms with van der Waals surface area (Å²) in [4.78, 5) is 1.95. The summed E-state index contributed by atoms with van der Waals surface area (Å²) in [6, 6.07) is 42.7. The van der Waals surface area contributed by atoms with Gasteiger partial charge >= 0.3 is 6.18 Å². The maximum atomic E-state index is 14.2. The monoisotopic (exact) mass is 1040 g/mol. The number of rotatable bonds is 32. The van der Waals surface area contributed by atoms with Gasteiger partial charge in [0, 0.05) is 27.9 Å². The van der Waals surface area contributed by atoms with Crippen molar-refractivity contribution in [2.75, 3.05) is 4.90 Å². The van der Waals surface area contributed by atoms with E-state index in [1.807, 2.05) is 36.1 Å². The van der Waals surface area contributed by atoms with Crippen LogP contribution in [0.25, 0.3) is 33.4 Å². The Labute approximate surface area is 464 Å². The van der Waals surface area contributed by atoms with Crippen molar-refractivity contribution in [3.8, 4) is 33.4 Å². The molecule has 0 radical (unpaired) electrons. The largest absolute Gasteiger partial charge is 0.416 e. The number of nitrogens with zero attached hydrogens (tertiary/aromatic N) is 1. The molecule has 412 valence electrons. The molecule has 0 aromatic heterocycles. The molecule has 6 aromatic rings. The van der Waals surface area contributed by atoms with Crippen LogP contribution in [0.2, 0.25) is 0 Å². The van der Waals surface area contributed by atoms with Gasteiger partial charge < -0.3 is 4.90 Å². The molecule has 2 aliphatic rings. The maximum Gasteiger partial charge on any atom is 0.416 e. The predicted octanol–water partition coefficient (Wildman–Crippen LogP) is 24.0. The summed E-state index contributed by atoms with van der Waals surface area (Å²) in [5, 5.41) is 0. The molecule has 0 heterocycles. The van der Waals surface area contributed by atoms with Crippen LogP contribution in [-0.2, 0) is 17.0 Å². The highest BCUT2D eigenvalue weighted by molar-refractivity contribution is 5.91. The van der Waals surface area contributed by atoms with Crippen molar-refractivity contribution < 1.29 is 13.2 Å². The fourth-order valence-electron chi connectivity index (χ4n) is 13.7. The van der Waals surface area contributed by atoms with Crippen molar-refractivity contribution in [2.45, 2.75) is 238 Å². The van der Waals surface area contributed by atoms with Crippen molar-refractivity contribution in [3.63, 3.8) is 0 Å². The van der Waals surface area contributed by atoms with Crippen molar-refractivity contribution in [1.82, 2.24) is 0 Å². The van der Waals surface area contributed by atoms with Crippen LogP contribution in [0.1, 0.15) is 246 Å². The topological polar surface area (TPSA) is 3.24 Å². The van der Waals surface area contributed by atoms with Gasteiger partial charge in [0.15, 0.2) is 0 Å². The molecule has 0 saturated heterocycles. The minimum Gasteiger partial charge on any atom is -0.310 e. The summed E-state index contributed by atoms with van der Waals surface area (Å²) >= 11 is 0. The van der Waals surface area contributed by atoms with Crippen LogP contribution >= 0.6 is 0 Å². The van der Waals surface area contributed by atoms with Gasteiger partial charge in [0.2, 0.25) is 0 Å². The van der Waals surface area contributed by atoms with Gasteiger partial charge in [0.25, 0.3) is 0 Å². The Bertz CT molecular complexity index is 2750. The van der Waals surface area contributed by atoms with Gasteiger partial charge in [-0.3, -0.25) is 0 Å². The number of benzene rings is 6. The second-order valence-corrected chi connectivity index (χ2v) is 23.8. The van der Waals surface area contributed by atoms with Gasteiger partial charge in [-0.25, -0.2) is 0 Å². The number of alkyl halides is 3. The van der Waals surface area contributed by atoms with E-state index >= 15 is 0 Å². The summed E-state index contributed by atoms with van der Waals surface area (Å²) in [5.74, 6) is 0. The Balaban J connectivity index is 1.25. The molecule has 0 spiro atoms. The van der Waals surface area contributed by atoms with Gasteiger partial charge in [-0.1, -0.05) is 254 Å². The summed E-state index contributed by atoms with van der Waals surface area (Å²) < 4.78 is 42.5. The summed E-state index contributed by atoms with van der Waals surface area (Å²) in [6.07, 6.45) is 31.3. The van der Waals surface area contributed by atoms with Crippen LogP contribution in [0.4, 0.5) is 30.2 Å². The highest BCUT2D eigenvalue weighted by atomic mass is 19.4. The molecule has 0 bridgehead atoms. The molecule has 6 aromatic carbocycles.